The Balaban J connectivity index is 1.51. The molecule has 0 fully saturated rings. The number of sulfonamides is 1. The summed E-state index contributed by atoms with van der Waals surface area (Å²) in [5, 5.41) is 1.42. The number of amides is 1. The van der Waals surface area contributed by atoms with Crippen molar-refractivity contribution in [2.75, 3.05) is 20.3 Å². The monoisotopic (exact) mass is 411 g/mol. The van der Waals surface area contributed by atoms with E-state index in [-0.39, 0.29) is 23.6 Å². The lowest BCUT2D eigenvalue weighted by Gasteiger charge is -2.15. The van der Waals surface area contributed by atoms with Gasteiger partial charge >= 0.3 is 5.97 Å². The summed E-state index contributed by atoms with van der Waals surface area (Å²) in [5.41, 5.74) is 0.459. The Bertz CT molecular complexity index is 1230. The van der Waals surface area contributed by atoms with E-state index in [9.17, 15) is 18.0 Å². The van der Waals surface area contributed by atoms with Crippen LogP contribution in [0.25, 0.3) is 10.8 Å². The number of benzene rings is 3. The number of methoxy groups -OCH3 is 1. The fourth-order valence-electron chi connectivity index (χ4n) is 3.38. The second-order valence-corrected chi connectivity index (χ2v) is 8.21. The van der Waals surface area contributed by atoms with Crippen molar-refractivity contribution < 1.29 is 27.5 Å². The molecule has 0 atom stereocenters. The van der Waals surface area contributed by atoms with Gasteiger partial charge in [-0.15, -0.1) is 0 Å². The van der Waals surface area contributed by atoms with Crippen LogP contribution in [-0.4, -0.2) is 44.9 Å². The van der Waals surface area contributed by atoms with Crippen molar-refractivity contribution in [3.05, 3.63) is 71.8 Å². The molecule has 0 spiro atoms. The number of esters is 1. The molecule has 0 saturated carbocycles. The van der Waals surface area contributed by atoms with Crippen LogP contribution in [0.15, 0.2) is 65.6 Å². The van der Waals surface area contributed by atoms with Crippen molar-refractivity contribution in [1.82, 2.24) is 4.31 Å². The summed E-state index contributed by atoms with van der Waals surface area (Å²) >= 11 is 0. The maximum Gasteiger partial charge on any atom is 0.338 e. The molecule has 3 aromatic rings. The summed E-state index contributed by atoms with van der Waals surface area (Å²) < 4.78 is 36.4. The zero-order valence-corrected chi connectivity index (χ0v) is 16.3. The van der Waals surface area contributed by atoms with E-state index in [1.165, 1.54) is 12.1 Å². The third-order valence-corrected chi connectivity index (χ3v) is 6.60. The van der Waals surface area contributed by atoms with E-state index in [1.807, 2.05) is 12.1 Å². The smallest absolute Gasteiger partial charge is 0.338 e. The summed E-state index contributed by atoms with van der Waals surface area (Å²) in [7, 11) is -2.38. The van der Waals surface area contributed by atoms with Gasteiger partial charge < -0.3 is 9.47 Å². The number of hydrogen-bond acceptors (Lipinski definition) is 6. The Morgan fingerprint density at radius 2 is 1.66 bits per heavy atom. The number of nitrogens with zero attached hydrogens (tertiary/aromatic N) is 1. The second kappa shape index (κ2) is 7.21. The number of hydrogen-bond donors (Lipinski definition) is 0. The summed E-state index contributed by atoms with van der Waals surface area (Å²) in [5.74, 6) is -0.597. The fraction of sp³-hybridized carbons (Fsp3) is 0.143. The minimum atomic E-state index is -3.93. The standard InChI is InChI=1S/C21H17NO6S/c1-27-18-11-10-16(14-6-2-3-7-15(14)18)21(24)28-13-12-22-20(23)17-8-4-5-9-19(17)29(22,25)26/h2-11H,12-13H2,1H3. The Labute approximate surface area is 167 Å². The van der Waals surface area contributed by atoms with Gasteiger partial charge in [0.1, 0.15) is 17.3 Å². The zero-order chi connectivity index (χ0) is 20.6. The van der Waals surface area contributed by atoms with Crippen molar-refractivity contribution in [2.24, 2.45) is 0 Å². The van der Waals surface area contributed by atoms with Crippen molar-refractivity contribution in [1.29, 1.82) is 0 Å². The molecule has 0 aromatic heterocycles. The number of rotatable bonds is 5. The molecule has 148 valence electrons. The molecule has 29 heavy (non-hydrogen) atoms. The summed E-state index contributed by atoms with van der Waals surface area (Å²) in [6.45, 7) is -0.506. The fourth-order valence-corrected chi connectivity index (χ4v) is 4.93. The van der Waals surface area contributed by atoms with Gasteiger partial charge in [0.2, 0.25) is 0 Å². The van der Waals surface area contributed by atoms with Gasteiger partial charge in [0.25, 0.3) is 15.9 Å². The highest BCUT2D eigenvalue weighted by Gasteiger charge is 2.40. The molecule has 1 amide bonds. The Hall–Kier alpha value is -3.39. The maximum absolute atomic E-state index is 12.6. The summed E-state index contributed by atoms with van der Waals surface area (Å²) in [4.78, 5) is 24.9. The molecule has 1 aliphatic heterocycles. The average Bonchev–Trinajstić information content (AvgIpc) is 2.93. The lowest BCUT2D eigenvalue weighted by molar-refractivity contribution is 0.0480. The first-order valence-electron chi connectivity index (χ1n) is 8.84. The van der Waals surface area contributed by atoms with Crippen LogP contribution in [0.1, 0.15) is 20.7 Å². The molecular formula is C21H17NO6S. The largest absolute Gasteiger partial charge is 0.496 e. The van der Waals surface area contributed by atoms with Gasteiger partial charge in [-0.05, 0) is 29.7 Å². The Morgan fingerprint density at radius 3 is 2.38 bits per heavy atom. The van der Waals surface area contributed by atoms with Gasteiger partial charge in [0.15, 0.2) is 0 Å². The number of carbonyl (C=O) groups is 2. The van der Waals surface area contributed by atoms with E-state index >= 15 is 0 Å². The molecule has 4 rings (SSSR count). The molecule has 0 bridgehead atoms. The highest BCUT2D eigenvalue weighted by atomic mass is 32.2. The highest BCUT2D eigenvalue weighted by Crippen LogP contribution is 2.30. The van der Waals surface area contributed by atoms with Crippen LogP contribution in [0, 0.1) is 0 Å². The quantitative estimate of drug-likeness (QED) is 0.600. The molecular weight excluding hydrogens is 394 g/mol. The van der Waals surface area contributed by atoms with Gasteiger partial charge in [-0.25, -0.2) is 17.5 Å². The second-order valence-electron chi connectivity index (χ2n) is 6.38. The van der Waals surface area contributed by atoms with E-state index in [0.717, 1.165) is 9.69 Å². The molecule has 1 aliphatic rings. The minimum absolute atomic E-state index is 0.0301. The molecule has 0 radical (unpaired) electrons. The molecule has 7 nitrogen and oxygen atoms in total. The van der Waals surface area contributed by atoms with Crippen molar-refractivity contribution in [3.8, 4) is 5.75 Å². The SMILES string of the molecule is COc1ccc(C(=O)OCCN2C(=O)c3ccccc3S2(=O)=O)c2ccccc12. The molecule has 0 N–H and O–H groups in total. The first kappa shape index (κ1) is 18.9. The third-order valence-electron chi connectivity index (χ3n) is 4.76. The zero-order valence-electron chi connectivity index (χ0n) is 15.5. The van der Waals surface area contributed by atoms with Gasteiger partial charge in [0, 0.05) is 5.39 Å². The van der Waals surface area contributed by atoms with Crippen LogP contribution < -0.4 is 4.74 Å². The Morgan fingerprint density at radius 1 is 0.966 bits per heavy atom. The van der Waals surface area contributed by atoms with Gasteiger partial charge in [-0.3, -0.25) is 4.79 Å². The predicted molar refractivity (Wildman–Crippen MR) is 105 cm³/mol. The first-order valence-corrected chi connectivity index (χ1v) is 10.3. The molecule has 1 heterocycles. The molecule has 0 aliphatic carbocycles. The number of fused-ring (bicyclic) bond motifs is 2. The van der Waals surface area contributed by atoms with E-state index in [1.54, 1.807) is 43.5 Å². The normalized spacial score (nSPS) is 14.7. The molecule has 8 heteroatoms. The van der Waals surface area contributed by atoms with Crippen molar-refractivity contribution >= 4 is 32.7 Å². The van der Waals surface area contributed by atoms with Crippen molar-refractivity contribution in [2.45, 2.75) is 4.90 Å². The molecule has 3 aromatic carbocycles. The van der Waals surface area contributed by atoms with E-state index in [4.69, 9.17) is 9.47 Å². The van der Waals surface area contributed by atoms with E-state index in [2.05, 4.69) is 0 Å². The number of carbonyl (C=O) groups excluding carboxylic acids is 2. The molecule has 0 unspecified atom stereocenters. The van der Waals surface area contributed by atoms with Crippen LogP contribution in [0.4, 0.5) is 0 Å². The lowest BCUT2D eigenvalue weighted by atomic mass is 10.0. The highest BCUT2D eigenvalue weighted by molar-refractivity contribution is 7.90. The van der Waals surface area contributed by atoms with Crippen molar-refractivity contribution in [3.63, 3.8) is 0 Å². The topological polar surface area (TPSA) is 90.0 Å². The van der Waals surface area contributed by atoms with E-state index in [0.29, 0.717) is 16.7 Å². The minimum Gasteiger partial charge on any atom is -0.496 e. The number of ether oxygens (including phenoxy) is 2. The van der Waals surface area contributed by atoms with Crippen LogP contribution in [0.5, 0.6) is 5.75 Å². The average molecular weight is 411 g/mol. The summed E-state index contributed by atoms with van der Waals surface area (Å²) in [6.07, 6.45) is 0. The first-order chi connectivity index (χ1) is 13.9. The van der Waals surface area contributed by atoms with Crippen LogP contribution in [-0.2, 0) is 14.8 Å². The molecule has 0 saturated heterocycles. The predicted octanol–water partition coefficient (Wildman–Crippen LogP) is 2.85. The van der Waals surface area contributed by atoms with Gasteiger partial charge in [-0.1, -0.05) is 36.4 Å². The van der Waals surface area contributed by atoms with Gasteiger partial charge in [-0.2, -0.15) is 0 Å². The van der Waals surface area contributed by atoms with Gasteiger partial charge in [0.05, 0.1) is 24.8 Å². The third kappa shape index (κ3) is 3.11. The lowest BCUT2D eigenvalue weighted by Crippen LogP contribution is -2.33. The Kier molecular flexibility index (Phi) is 4.71. The van der Waals surface area contributed by atoms with Crippen LogP contribution in [0.3, 0.4) is 0 Å². The maximum atomic E-state index is 12.6. The van der Waals surface area contributed by atoms with Crippen LogP contribution >= 0.6 is 0 Å². The summed E-state index contributed by atoms with van der Waals surface area (Å²) in [6, 6.07) is 16.5. The van der Waals surface area contributed by atoms with Crippen LogP contribution in [0.2, 0.25) is 0 Å². The van der Waals surface area contributed by atoms with E-state index < -0.39 is 21.9 Å².